The average molecular weight is 466 g/mol. The van der Waals surface area contributed by atoms with E-state index in [4.69, 9.17) is 9.47 Å². The third kappa shape index (κ3) is 4.74. The lowest BCUT2D eigenvalue weighted by Gasteiger charge is -2.31. The molecule has 3 fully saturated rings. The van der Waals surface area contributed by atoms with Gasteiger partial charge in [0.1, 0.15) is 6.04 Å². The highest BCUT2D eigenvalue weighted by atomic mass is 16.7. The lowest BCUT2D eigenvalue weighted by atomic mass is 9.96. The molecule has 34 heavy (non-hydrogen) atoms. The van der Waals surface area contributed by atoms with Crippen LogP contribution < -0.4 is 5.32 Å². The van der Waals surface area contributed by atoms with Gasteiger partial charge in [0.15, 0.2) is 5.79 Å². The average Bonchev–Trinajstić information content (AvgIpc) is 3.32. The van der Waals surface area contributed by atoms with Gasteiger partial charge in [-0.2, -0.15) is 0 Å². The number of nitrogens with one attached hydrogen (secondary N) is 1. The second-order valence-electron chi connectivity index (χ2n) is 10.0. The highest BCUT2D eigenvalue weighted by molar-refractivity contribution is 6.05. The third-order valence-corrected chi connectivity index (χ3v) is 7.11. The van der Waals surface area contributed by atoms with E-state index in [2.05, 4.69) is 22.1 Å². The molecule has 8 heteroatoms. The Morgan fingerprint density at radius 2 is 1.94 bits per heavy atom. The first-order valence-electron chi connectivity index (χ1n) is 12.1. The zero-order valence-corrected chi connectivity index (χ0v) is 19.8. The maximum Gasteiger partial charge on any atom is 0.255 e. The second kappa shape index (κ2) is 9.14. The van der Waals surface area contributed by atoms with Crippen molar-refractivity contribution in [1.82, 2.24) is 15.1 Å². The van der Waals surface area contributed by atoms with Crippen LogP contribution in [0.15, 0.2) is 18.2 Å². The van der Waals surface area contributed by atoms with E-state index in [-0.39, 0.29) is 24.3 Å². The summed E-state index contributed by atoms with van der Waals surface area (Å²) < 4.78 is 11.6. The van der Waals surface area contributed by atoms with Crippen LogP contribution in [0.4, 0.5) is 0 Å². The molecular formula is C26H31N3O5. The predicted octanol–water partition coefficient (Wildman–Crippen LogP) is 1.66. The van der Waals surface area contributed by atoms with Crippen LogP contribution in [0.25, 0.3) is 0 Å². The summed E-state index contributed by atoms with van der Waals surface area (Å²) in [6.45, 7) is 7.74. The van der Waals surface area contributed by atoms with Gasteiger partial charge in [0.25, 0.3) is 5.91 Å². The molecule has 0 aliphatic carbocycles. The Bertz CT molecular complexity index is 1060. The fourth-order valence-electron chi connectivity index (χ4n) is 5.28. The number of piperidine rings is 2. The molecule has 3 amide bonds. The summed E-state index contributed by atoms with van der Waals surface area (Å²) in [5, 5.41) is 2.35. The number of hydrogen-bond acceptors (Lipinski definition) is 6. The van der Waals surface area contributed by atoms with Crippen LogP contribution >= 0.6 is 0 Å². The van der Waals surface area contributed by atoms with Gasteiger partial charge in [-0.25, -0.2) is 0 Å². The van der Waals surface area contributed by atoms with E-state index in [0.29, 0.717) is 31.1 Å². The molecule has 0 bridgehead atoms. The lowest BCUT2D eigenvalue weighted by molar-refractivity contribution is -0.140. The normalized spacial score (nSPS) is 27.4. The van der Waals surface area contributed by atoms with Crippen molar-refractivity contribution in [1.29, 1.82) is 0 Å². The second-order valence-corrected chi connectivity index (χ2v) is 10.0. The summed E-state index contributed by atoms with van der Waals surface area (Å²) in [5.74, 6) is 5.75. The molecule has 2 atom stereocenters. The van der Waals surface area contributed by atoms with Gasteiger partial charge in [0, 0.05) is 36.6 Å². The minimum absolute atomic E-state index is 0.120. The van der Waals surface area contributed by atoms with E-state index in [1.54, 1.807) is 11.0 Å². The molecule has 3 saturated heterocycles. The molecule has 4 aliphatic rings. The standard InChI is InChI=1S/C26H31N3O5/c1-26(2)33-16-19(34-26)14-28-12-10-17(11-13-28)6-7-18-4-3-5-20-21(18)15-29(25(20)32)22-8-9-23(30)27-24(22)31/h3-5,17,19,22H,8-16H2,1-2H3,(H,27,30,31)/t19-,22?/m0/s1. The maximum absolute atomic E-state index is 13.0. The monoisotopic (exact) mass is 465 g/mol. The van der Waals surface area contributed by atoms with E-state index in [1.165, 1.54) is 0 Å². The molecule has 1 unspecified atom stereocenters. The summed E-state index contributed by atoms with van der Waals surface area (Å²) in [6.07, 6.45) is 2.73. The number of carbonyl (C=O) groups is 3. The van der Waals surface area contributed by atoms with Crippen molar-refractivity contribution in [2.75, 3.05) is 26.2 Å². The van der Waals surface area contributed by atoms with Crippen molar-refractivity contribution in [3.63, 3.8) is 0 Å². The number of fused-ring (bicyclic) bond motifs is 1. The number of likely N-dealkylation sites (tertiary alicyclic amines) is 1. The summed E-state index contributed by atoms with van der Waals surface area (Å²) in [4.78, 5) is 40.8. The molecular weight excluding hydrogens is 434 g/mol. The first-order chi connectivity index (χ1) is 16.3. The molecule has 5 rings (SSSR count). The number of rotatable bonds is 3. The zero-order valence-electron chi connectivity index (χ0n) is 19.8. The van der Waals surface area contributed by atoms with E-state index >= 15 is 0 Å². The first kappa shape index (κ1) is 23.0. The van der Waals surface area contributed by atoms with E-state index in [1.807, 2.05) is 26.0 Å². The number of nitrogens with zero attached hydrogens (tertiary/aromatic N) is 2. The molecule has 8 nitrogen and oxygen atoms in total. The number of amides is 3. The largest absolute Gasteiger partial charge is 0.348 e. The zero-order chi connectivity index (χ0) is 23.9. The quantitative estimate of drug-likeness (QED) is 0.540. The molecule has 1 N–H and O–H groups in total. The van der Waals surface area contributed by atoms with Crippen molar-refractivity contribution in [3.05, 3.63) is 34.9 Å². The number of hydrogen-bond donors (Lipinski definition) is 1. The predicted molar refractivity (Wildman–Crippen MR) is 123 cm³/mol. The van der Waals surface area contributed by atoms with Crippen molar-refractivity contribution >= 4 is 17.7 Å². The third-order valence-electron chi connectivity index (χ3n) is 7.11. The fraction of sp³-hybridized carbons (Fsp3) is 0.577. The molecule has 0 radical (unpaired) electrons. The van der Waals surface area contributed by atoms with Crippen LogP contribution in [-0.2, 0) is 25.6 Å². The Morgan fingerprint density at radius 3 is 2.65 bits per heavy atom. The molecule has 4 aliphatic heterocycles. The minimum atomic E-state index is -0.609. The van der Waals surface area contributed by atoms with Gasteiger partial charge in [0.2, 0.25) is 11.8 Å². The Morgan fingerprint density at radius 1 is 1.15 bits per heavy atom. The number of benzene rings is 1. The van der Waals surface area contributed by atoms with Crippen molar-refractivity contribution in [2.24, 2.45) is 5.92 Å². The van der Waals surface area contributed by atoms with Crippen LogP contribution in [0, 0.1) is 17.8 Å². The minimum Gasteiger partial charge on any atom is -0.348 e. The van der Waals surface area contributed by atoms with Crippen molar-refractivity contribution in [2.45, 2.75) is 64.0 Å². The first-order valence-corrected chi connectivity index (χ1v) is 12.1. The van der Waals surface area contributed by atoms with Gasteiger partial charge in [-0.1, -0.05) is 17.9 Å². The molecule has 0 aromatic heterocycles. The van der Waals surface area contributed by atoms with E-state index in [0.717, 1.165) is 43.6 Å². The molecule has 180 valence electrons. The Hall–Kier alpha value is -2.73. The van der Waals surface area contributed by atoms with Crippen LogP contribution in [0.3, 0.4) is 0 Å². The summed E-state index contributed by atoms with van der Waals surface area (Å²) in [6, 6.07) is 4.98. The highest BCUT2D eigenvalue weighted by Gasteiger charge is 2.39. The topological polar surface area (TPSA) is 88.2 Å². The fourth-order valence-corrected chi connectivity index (χ4v) is 5.28. The highest BCUT2D eigenvalue weighted by Crippen LogP contribution is 2.30. The van der Waals surface area contributed by atoms with Crippen LogP contribution in [0.5, 0.6) is 0 Å². The van der Waals surface area contributed by atoms with Crippen LogP contribution in [-0.4, -0.2) is 71.7 Å². The van der Waals surface area contributed by atoms with E-state index < -0.39 is 17.7 Å². The molecule has 0 saturated carbocycles. The Balaban J connectivity index is 1.20. The smallest absolute Gasteiger partial charge is 0.255 e. The lowest BCUT2D eigenvalue weighted by Crippen LogP contribution is -2.52. The van der Waals surface area contributed by atoms with Gasteiger partial charge >= 0.3 is 0 Å². The van der Waals surface area contributed by atoms with Gasteiger partial charge in [-0.3, -0.25) is 19.7 Å². The molecule has 1 aromatic carbocycles. The number of ether oxygens (including phenoxy) is 2. The van der Waals surface area contributed by atoms with Crippen molar-refractivity contribution in [3.8, 4) is 11.8 Å². The molecule has 0 spiro atoms. The number of imide groups is 1. The van der Waals surface area contributed by atoms with Gasteiger partial charge < -0.3 is 19.3 Å². The van der Waals surface area contributed by atoms with E-state index in [9.17, 15) is 14.4 Å². The van der Waals surface area contributed by atoms with Gasteiger partial charge in [-0.15, -0.1) is 0 Å². The Kier molecular flexibility index (Phi) is 6.19. The molecule has 4 heterocycles. The van der Waals surface area contributed by atoms with Crippen LogP contribution in [0.1, 0.15) is 61.0 Å². The summed E-state index contributed by atoms with van der Waals surface area (Å²) in [7, 11) is 0. The van der Waals surface area contributed by atoms with Gasteiger partial charge in [0.05, 0.1) is 12.7 Å². The SMILES string of the molecule is CC1(C)OC[C@H](CN2CCC(C#Cc3cccc4c3CN(C3CCC(=O)NC3=O)C4=O)CC2)O1. The number of carbonyl (C=O) groups excluding carboxylic acids is 3. The maximum atomic E-state index is 13.0. The molecule has 1 aromatic rings. The Labute approximate surface area is 199 Å². The van der Waals surface area contributed by atoms with Crippen molar-refractivity contribution < 1.29 is 23.9 Å². The van der Waals surface area contributed by atoms with Gasteiger partial charge in [-0.05, 0) is 63.9 Å². The summed E-state index contributed by atoms with van der Waals surface area (Å²) in [5.41, 5.74) is 2.33. The van der Waals surface area contributed by atoms with Crippen LogP contribution in [0.2, 0.25) is 0 Å². The summed E-state index contributed by atoms with van der Waals surface area (Å²) >= 11 is 0.